The van der Waals surface area contributed by atoms with Crippen molar-refractivity contribution in [2.75, 3.05) is 20.8 Å². The van der Waals surface area contributed by atoms with Crippen LogP contribution >= 0.6 is 11.3 Å². The van der Waals surface area contributed by atoms with Crippen LogP contribution in [0.1, 0.15) is 32.6 Å². The zero-order valence-electron chi connectivity index (χ0n) is 14.4. The molecule has 0 spiro atoms. The van der Waals surface area contributed by atoms with Gasteiger partial charge in [-0.15, -0.1) is 11.3 Å². The Bertz CT molecular complexity index is 797. The Labute approximate surface area is 146 Å². The van der Waals surface area contributed by atoms with Gasteiger partial charge in [0.25, 0.3) is 0 Å². The van der Waals surface area contributed by atoms with Gasteiger partial charge in [-0.2, -0.15) is 5.10 Å². The van der Waals surface area contributed by atoms with E-state index in [9.17, 15) is 0 Å². The maximum atomic E-state index is 5.55. The van der Waals surface area contributed by atoms with Crippen LogP contribution in [-0.2, 0) is 0 Å². The van der Waals surface area contributed by atoms with Crippen LogP contribution in [-0.4, -0.2) is 31.2 Å². The molecular weight excluding hydrogens is 322 g/mol. The van der Waals surface area contributed by atoms with Gasteiger partial charge in [-0.05, 0) is 50.8 Å². The molecule has 1 aromatic carbocycles. The average Bonchev–Trinajstić information content (AvgIpc) is 3.26. The fourth-order valence-corrected chi connectivity index (χ4v) is 3.75. The van der Waals surface area contributed by atoms with Crippen LogP contribution < -0.4 is 14.3 Å². The zero-order chi connectivity index (χ0) is 16.9. The largest absolute Gasteiger partial charge is 0.497 e. The Morgan fingerprint density at radius 3 is 2.62 bits per heavy atom. The highest BCUT2D eigenvalue weighted by molar-refractivity contribution is 7.07. The molecule has 0 N–H and O–H groups in total. The number of nitrogens with zero attached hydrogens (tertiary/aromatic N) is 3. The van der Waals surface area contributed by atoms with Crippen LogP contribution in [0.15, 0.2) is 33.7 Å². The van der Waals surface area contributed by atoms with Crippen molar-refractivity contribution in [2.45, 2.75) is 32.6 Å². The second-order valence-corrected chi connectivity index (χ2v) is 6.47. The fourth-order valence-electron chi connectivity index (χ4n) is 2.86. The molecule has 3 rings (SSSR count). The van der Waals surface area contributed by atoms with Crippen LogP contribution in [0.2, 0.25) is 0 Å². The Hall–Kier alpha value is -2.08. The van der Waals surface area contributed by atoms with Crippen molar-refractivity contribution in [2.24, 2.45) is 10.1 Å². The van der Waals surface area contributed by atoms with Crippen LogP contribution in [0.3, 0.4) is 0 Å². The van der Waals surface area contributed by atoms with E-state index >= 15 is 0 Å². The maximum absolute atomic E-state index is 5.55. The summed E-state index contributed by atoms with van der Waals surface area (Å²) in [7, 11) is 3.35. The van der Waals surface area contributed by atoms with Gasteiger partial charge in [0.1, 0.15) is 11.5 Å². The van der Waals surface area contributed by atoms with Gasteiger partial charge in [0.2, 0.25) is 4.80 Å². The summed E-state index contributed by atoms with van der Waals surface area (Å²) in [4.78, 5) is 5.51. The summed E-state index contributed by atoms with van der Waals surface area (Å²) in [6, 6.07) is 5.82. The molecule has 2 aromatic rings. The zero-order valence-corrected chi connectivity index (χ0v) is 15.2. The molecule has 0 aliphatic heterocycles. The minimum absolute atomic E-state index is 0.736. The smallest absolute Gasteiger partial charge is 0.206 e. The van der Waals surface area contributed by atoms with Crippen LogP contribution in [0.5, 0.6) is 11.5 Å². The van der Waals surface area contributed by atoms with Crippen LogP contribution in [0, 0.1) is 0 Å². The monoisotopic (exact) mass is 345 g/mol. The highest BCUT2D eigenvalue weighted by Gasteiger charge is 2.16. The van der Waals surface area contributed by atoms with Gasteiger partial charge < -0.3 is 9.47 Å². The van der Waals surface area contributed by atoms with Crippen molar-refractivity contribution < 1.29 is 9.47 Å². The lowest BCUT2D eigenvalue weighted by Gasteiger charge is -2.11. The van der Waals surface area contributed by atoms with Gasteiger partial charge in [0.05, 0.1) is 19.9 Å². The number of hydrogen-bond donors (Lipinski definition) is 0. The van der Waals surface area contributed by atoms with Crippen molar-refractivity contribution in [1.82, 2.24) is 4.68 Å². The third-order valence-corrected chi connectivity index (χ3v) is 4.94. The normalized spacial score (nSPS) is 15.0. The molecular formula is C18H23N3O2S. The first-order valence-corrected chi connectivity index (χ1v) is 9.15. The minimum atomic E-state index is 0.736. The summed E-state index contributed by atoms with van der Waals surface area (Å²) in [6.45, 7) is 2.78. The van der Waals surface area contributed by atoms with E-state index in [1.807, 2.05) is 29.8 Å². The lowest BCUT2D eigenvalue weighted by atomic mass is 10.1. The Kier molecular flexibility index (Phi) is 5.35. The highest BCUT2D eigenvalue weighted by Crippen LogP contribution is 2.34. The van der Waals surface area contributed by atoms with Gasteiger partial charge in [-0.3, -0.25) is 4.99 Å². The predicted molar refractivity (Wildman–Crippen MR) is 98.3 cm³/mol. The number of hydrogen-bond acceptors (Lipinski definition) is 5. The summed E-state index contributed by atoms with van der Waals surface area (Å²) in [5.74, 6) is 1.60. The number of methoxy groups -OCH3 is 2. The first-order chi connectivity index (χ1) is 11.8. The number of ether oxygens (including phenoxy) is 2. The Morgan fingerprint density at radius 1 is 1.17 bits per heavy atom. The molecule has 0 amide bonds. The van der Waals surface area contributed by atoms with E-state index < -0.39 is 0 Å². The minimum Gasteiger partial charge on any atom is -0.497 e. The van der Waals surface area contributed by atoms with Gasteiger partial charge in [0.15, 0.2) is 0 Å². The first kappa shape index (κ1) is 16.8. The fraction of sp³-hybridized carbons (Fsp3) is 0.444. The molecule has 1 aliphatic rings. The van der Waals surface area contributed by atoms with Crippen molar-refractivity contribution in [1.29, 1.82) is 0 Å². The van der Waals surface area contributed by atoms with Gasteiger partial charge >= 0.3 is 0 Å². The molecule has 0 saturated heterocycles. The summed E-state index contributed by atoms with van der Waals surface area (Å²) in [6.07, 6.45) is 4.59. The van der Waals surface area contributed by atoms with Gasteiger partial charge in [0, 0.05) is 23.2 Å². The van der Waals surface area contributed by atoms with Gasteiger partial charge in [-0.25, -0.2) is 4.68 Å². The van der Waals surface area contributed by atoms with E-state index in [2.05, 4.69) is 10.4 Å². The Balaban J connectivity index is 2.18. The topological polar surface area (TPSA) is 48.1 Å². The van der Waals surface area contributed by atoms with E-state index in [-0.39, 0.29) is 0 Å². The molecule has 1 aromatic heterocycles. The third-order valence-electron chi connectivity index (χ3n) is 4.08. The number of thiazole rings is 1. The molecule has 0 atom stereocenters. The standard InChI is InChI=1S/C18H23N3O2S/c1-4-19-18-21(20-13-7-5-6-8-13)16(12-24-18)15-11-14(22-2)9-10-17(15)23-3/h9-12H,4-8H2,1-3H3. The molecule has 1 heterocycles. The highest BCUT2D eigenvalue weighted by atomic mass is 32.1. The molecule has 128 valence electrons. The molecule has 5 nitrogen and oxygen atoms in total. The van der Waals surface area contributed by atoms with Crippen molar-refractivity contribution in [3.8, 4) is 22.8 Å². The SMILES string of the molecule is CCN=c1scc(-c2cc(OC)ccc2OC)n1N=C1CCCC1. The molecule has 6 heteroatoms. The lowest BCUT2D eigenvalue weighted by molar-refractivity contribution is 0.404. The number of benzene rings is 1. The summed E-state index contributed by atoms with van der Waals surface area (Å²) < 4.78 is 12.9. The van der Waals surface area contributed by atoms with Crippen LogP contribution in [0.4, 0.5) is 0 Å². The molecule has 1 aliphatic carbocycles. The third kappa shape index (κ3) is 3.38. The molecule has 0 unspecified atom stereocenters. The number of aromatic nitrogens is 1. The van der Waals surface area contributed by atoms with E-state index in [4.69, 9.17) is 14.6 Å². The second kappa shape index (κ2) is 7.66. The van der Waals surface area contributed by atoms with Crippen molar-refractivity contribution >= 4 is 17.0 Å². The molecule has 1 fully saturated rings. The molecule has 24 heavy (non-hydrogen) atoms. The second-order valence-electron chi connectivity index (χ2n) is 5.63. The predicted octanol–water partition coefficient (Wildman–Crippen LogP) is 3.93. The summed E-state index contributed by atoms with van der Waals surface area (Å²) >= 11 is 1.60. The summed E-state index contributed by atoms with van der Waals surface area (Å²) in [5.41, 5.74) is 3.20. The molecule has 0 radical (unpaired) electrons. The molecule has 0 bridgehead atoms. The van der Waals surface area contributed by atoms with Crippen molar-refractivity contribution in [3.63, 3.8) is 0 Å². The number of rotatable bonds is 5. The maximum Gasteiger partial charge on any atom is 0.206 e. The van der Waals surface area contributed by atoms with E-state index in [1.54, 1.807) is 25.6 Å². The van der Waals surface area contributed by atoms with E-state index in [0.29, 0.717) is 0 Å². The summed E-state index contributed by atoms with van der Waals surface area (Å²) in [5, 5.41) is 6.99. The van der Waals surface area contributed by atoms with E-state index in [1.165, 1.54) is 18.6 Å². The van der Waals surface area contributed by atoms with Gasteiger partial charge in [-0.1, -0.05) is 0 Å². The lowest BCUT2D eigenvalue weighted by Crippen LogP contribution is -2.14. The first-order valence-electron chi connectivity index (χ1n) is 8.27. The van der Waals surface area contributed by atoms with Crippen molar-refractivity contribution in [3.05, 3.63) is 28.4 Å². The average molecular weight is 345 g/mol. The van der Waals surface area contributed by atoms with Crippen LogP contribution in [0.25, 0.3) is 11.3 Å². The molecule has 1 saturated carbocycles. The quantitative estimate of drug-likeness (QED) is 0.824. The van der Waals surface area contributed by atoms with E-state index in [0.717, 1.165) is 46.9 Å². The Morgan fingerprint density at radius 2 is 1.96 bits per heavy atom.